The lowest BCUT2D eigenvalue weighted by molar-refractivity contribution is 0.0890. The largest absolute Gasteiger partial charge is 0.347 e. The van der Waals surface area contributed by atoms with Gasteiger partial charge in [0.15, 0.2) is 0 Å². The monoisotopic (exact) mass is 304 g/mol. The second-order valence-corrected chi connectivity index (χ2v) is 7.02. The van der Waals surface area contributed by atoms with Crippen molar-refractivity contribution in [3.8, 4) is 0 Å². The normalized spacial score (nSPS) is 23.8. The van der Waals surface area contributed by atoms with Gasteiger partial charge in [0.1, 0.15) is 5.69 Å². The molecule has 0 bridgehead atoms. The van der Waals surface area contributed by atoms with Crippen molar-refractivity contribution in [3.05, 3.63) is 17.5 Å². The number of hydrogen-bond donors (Lipinski definition) is 1. The number of nitrogens with one attached hydrogen (secondary N) is 1. The summed E-state index contributed by atoms with van der Waals surface area (Å²) in [5, 5.41) is 7.44. The van der Waals surface area contributed by atoms with E-state index in [9.17, 15) is 4.79 Å². The maximum Gasteiger partial charge on any atom is 0.272 e. The van der Waals surface area contributed by atoms with Crippen LogP contribution in [0, 0.1) is 12.8 Å². The number of aromatic nitrogens is 2. The number of likely N-dealkylation sites (tertiary alicyclic amines) is 1. The molecule has 22 heavy (non-hydrogen) atoms. The number of nitrogens with zero attached hydrogens (tertiary/aromatic N) is 3. The number of aryl methyl sites for hydroxylation is 2. The molecule has 0 radical (unpaired) electrons. The molecule has 2 fully saturated rings. The third kappa shape index (κ3) is 3.69. The number of carbonyl (C=O) groups is 1. The third-order valence-corrected chi connectivity index (χ3v) is 5.18. The summed E-state index contributed by atoms with van der Waals surface area (Å²) in [6.07, 6.45) is 7.84. The minimum Gasteiger partial charge on any atom is -0.347 e. The molecular weight excluding hydrogens is 276 g/mol. The van der Waals surface area contributed by atoms with Crippen molar-refractivity contribution >= 4 is 5.91 Å². The second kappa shape index (κ2) is 6.82. The maximum atomic E-state index is 12.3. The van der Waals surface area contributed by atoms with Crippen molar-refractivity contribution in [2.24, 2.45) is 13.0 Å². The first-order valence-corrected chi connectivity index (χ1v) is 8.65. The summed E-state index contributed by atoms with van der Waals surface area (Å²) in [4.78, 5) is 14.9. The molecule has 1 aromatic heterocycles. The lowest BCUT2D eigenvalue weighted by atomic mass is 10.0. The van der Waals surface area contributed by atoms with Crippen LogP contribution < -0.4 is 5.32 Å². The van der Waals surface area contributed by atoms with Gasteiger partial charge < -0.3 is 10.2 Å². The molecule has 5 heteroatoms. The van der Waals surface area contributed by atoms with E-state index in [1.54, 1.807) is 4.68 Å². The Morgan fingerprint density at radius 1 is 1.32 bits per heavy atom. The molecule has 2 heterocycles. The summed E-state index contributed by atoms with van der Waals surface area (Å²) >= 11 is 0. The molecule has 1 aromatic rings. The first kappa shape index (κ1) is 15.5. The fourth-order valence-electron chi connectivity index (χ4n) is 3.83. The van der Waals surface area contributed by atoms with Crippen LogP contribution in [0.25, 0.3) is 0 Å². The van der Waals surface area contributed by atoms with E-state index >= 15 is 0 Å². The minimum absolute atomic E-state index is 0.0311. The van der Waals surface area contributed by atoms with Gasteiger partial charge >= 0.3 is 0 Å². The molecule has 0 aromatic carbocycles. The van der Waals surface area contributed by atoms with Crippen molar-refractivity contribution in [3.63, 3.8) is 0 Å². The van der Waals surface area contributed by atoms with Crippen molar-refractivity contribution in [1.82, 2.24) is 20.0 Å². The van der Waals surface area contributed by atoms with Crippen LogP contribution in [0.4, 0.5) is 0 Å². The van der Waals surface area contributed by atoms with Crippen LogP contribution in [0.2, 0.25) is 0 Å². The van der Waals surface area contributed by atoms with E-state index in [-0.39, 0.29) is 11.9 Å². The van der Waals surface area contributed by atoms with Crippen LogP contribution in [-0.2, 0) is 7.05 Å². The fourth-order valence-corrected chi connectivity index (χ4v) is 3.83. The van der Waals surface area contributed by atoms with Gasteiger partial charge in [-0.05, 0) is 51.1 Å². The van der Waals surface area contributed by atoms with Crippen LogP contribution in [0.3, 0.4) is 0 Å². The lowest BCUT2D eigenvalue weighted by Crippen LogP contribution is -2.48. The lowest BCUT2D eigenvalue weighted by Gasteiger charge is -2.34. The molecular formula is C17H28N4O. The molecule has 1 amide bonds. The van der Waals surface area contributed by atoms with Crippen LogP contribution in [0.15, 0.2) is 6.07 Å². The van der Waals surface area contributed by atoms with Gasteiger partial charge in [0.05, 0.1) is 0 Å². The molecule has 1 aliphatic heterocycles. The van der Waals surface area contributed by atoms with E-state index in [1.165, 1.54) is 45.2 Å². The molecule has 1 saturated heterocycles. The van der Waals surface area contributed by atoms with E-state index in [2.05, 4.69) is 15.3 Å². The standard InChI is InChI=1S/C17H28N4O/c1-13-10-16(19-20(13)2)17(22)18-15-8-5-9-21(12-15)11-14-6-3-4-7-14/h10,14-15H,3-9,11-12H2,1-2H3,(H,18,22). The number of hydrogen-bond acceptors (Lipinski definition) is 3. The Bertz CT molecular complexity index is 499. The average molecular weight is 304 g/mol. The molecule has 3 rings (SSSR count). The zero-order chi connectivity index (χ0) is 15.5. The molecule has 1 atom stereocenters. The molecule has 2 aliphatic rings. The topological polar surface area (TPSA) is 50.2 Å². The van der Waals surface area contributed by atoms with Gasteiger partial charge in [0.2, 0.25) is 0 Å². The second-order valence-electron chi connectivity index (χ2n) is 7.02. The maximum absolute atomic E-state index is 12.3. The Morgan fingerprint density at radius 2 is 2.09 bits per heavy atom. The summed E-state index contributed by atoms with van der Waals surface area (Å²) in [6.45, 7) is 5.36. The van der Waals surface area contributed by atoms with Crippen LogP contribution in [0.1, 0.15) is 54.7 Å². The zero-order valence-electron chi connectivity index (χ0n) is 13.8. The van der Waals surface area contributed by atoms with E-state index in [0.717, 1.165) is 24.6 Å². The average Bonchev–Trinajstić information content (AvgIpc) is 3.10. The highest BCUT2D eigenvalue weighted by molar-refractivity contribution is 5.92. The van der Waals surface area contributed by atoms with E-state index in [1.807, 2.05) is 20.0 Å². The van der Waals surface area contributed by atoms with E-state index in [0.29, 0.717) is 5.69 Å². The van der Waals surface area contributed by atoms with Gasteiger partial charge in [0.25, 0.3) is 5.91 Å². The number of rotatable bonds is 4. The van der Waals surface area contributed by atoms with Crippen LogP contribution in [-0.4, -0.2) is 46.3 Å². The summed E-state index contributed by atoms with van der Waals surface area (Å²) in [6, 6.07) is 2.12. The quantitative estimate of drug-likeness (QED) is 0.927. The molecule has 1 N–H and O–H groups in total. The molecule has 5 nitrogen and oxygen atoms in total. The fraction of sp³-hybridized carbons (Fsp3) is 0.765. The number of piperidine rings is 1. The van der Waals surface area contributed by atoms with E-state index < -0.39 is 0 Å². The van der Waals surface area contributed by atoms with Crippen LogP contribution in [0.5, 0.6) is 0 Å². The number of carbonyl (C=O) groups excluding carboxylic acids is 1. The first-order valence-electron chi connectivity index (χ1n) is 8.65. The summed E-state index contributed by atoms with van der Waals surface area (Å²) < 4.78 is 1.75. The van der Waals surface area contributed by atoms with Crippen LogP contribution >= 0.6 is 0 Å². The molecule has 0 spiro atoms. The molecule has 1 unspecified atom stereocenters. The Kier molecular flexibility index (Phi) is 4.81. The van der Waals surface area contributed by atoms with Gasteiger partial charge in [-0.1, -0.05) is 12.8 Å². The first-order chi connectivity index (χ1) is 10.6. The summed E-state index contributed by atoms with van der Waals surface area (Å²) in [7, 11) is 1.87. The van der Waals surface area contributed by atoms with Crippen molar-refractivity contribution < 1.29 is 4.79 Å². The molecule has 1 saturated carbocycles. The van der Waals surface area contributed by atoms with Gasteiger partial charge in [-0.25, -0.2) is 0 Å². The predicted octanol–water partition coefficient (Wildman–Crippen LogP) is 2.11. The zero-order valence-corrected chi connectivity index (χ0v) is 13.8. The van der Waals surface area contributed by atoms with Gasteiger partial charge in [-0.2, -0.15) is 5.10 Å². The highest BCUT2D eigenvalue weighted by Gasteiger charge is 2.25. The van der Waals surface area contributed by atoms with Gasteiger partial charge in [-0.15, -0.1) is 0 Å². The SMILES string of the molecule is Cc1cc(C(=O)NC2CCCN(CC3CCCC3)C2)nn1C. The summed E-state index contributed by atoms with van der Waals surface area (Å²) in [5.41, 5.74) is 1.55. The van der Waals surface area contributed by atoms with Gasteiger partial charge in [-0.3, -0.25) is 9.48 Å². The highest BCUT2D eigenvalue weighted by Crippen LogP contribution is 2.26. The number of amides is 1. The minimum atomic E-state index is -0.0311. The predicted molar refractivity (Wildman–Crippen MR) is 86.8 cm³/mol. The smallest absolute Gasteiger partial charge is 0.272 e. The van der Waals surface area contributed by atoms with E-state index in [4.69, 9.17) is 0 Å². The Morgan fingerprint density at radius 3 is 2.77 bits per heavy atom. The Labute approximate surface area is 133 Å². The summed E-state index contributed by atoms with van der Waals surface area (Å²) in [5.74, 6) is 0.851. The Hall–Kier alpha value is -1.36. The third-order valence-electron chi connectivity index (χ3n) is 5.18. The molecule has 1 aliphatic carbocycles. The Balaban J connectivity index is 1.52. The molecule has 122 valence electrons. The van der Waals surface area contributed by atoms with Crippen molar-refractivity contribution in [2.75, 3.05) is 19.6 Å². The van der Waals surface area contributed by atoms with Gasteiger partial charge in [0, 0.05) is 31.9 Å². The highest BCUT2D eigenvalue weighted by atomic mass is 16.2. The van der Waals surface area contributed by atoms with Crippen molar-refractivity contribution in [2.45, 2.75) is 51.5 Å². The van der Waals surface area contributed by atoms with Crippen molar-refractivity contribution in [1.29, 1.82) is 0 Å².